The molecule has 0 radical (unpaired) electrons. The minimum Gasteiger partial charge on any atom is -0.352 e. The summed E-state index contributed by atoms with van der Waals surface area (Å²) in [5, 5.41) is 4.06. The summed E-state index contributed by atoms with van der Waals surface area (Å²) in [4.78, 5) is 4.43. The van der Waals surface area contributed by atoms with Gasteiger partial charge in [0.1, 0.15) is 0 Å². The van der Waals surface area contributed by atoms with Crippen LogP contribution in [0.4, 0.5) is 5.95 Å². The Bertz CT molecular complexity index is 546. The lowest BCUT2D eigenvalue weighted by Gasteiger charge is -2.09. The number of imidazole rings is 1. The molecular formula is C14H16ClN3. The van der Waals surface area contributed by atoms with Gasteiger partial charge in [-0.05, 0) is 18.6 Å². The normalized spacial score (nSPS) is 10.3. The molecule has 2 rings (SSSR count). The van der Waals surface area contributed by atoms with Crippen LogP contribution in [0.25, 0.3) is 0 Å². The Labute approximate surface area is 112 Å². The average molecular weight is 262 g/mol. The summed E-state index contributed by atoms with van der Waals surface area (Å²) in [5.41, 5.74) is 2.04. The Hall–Kier alpha value is -1.74. The fourth-order valence-electron chi connectivity index (χ4n) is 1.78. The first-order valence-corrected chi connectivity index (χ1v) is 6.20. The molecule has 0 bridgehead atoms. The Morgan fingerprint density at radius 2 is 2.22 bits per heavy atom. The van der Waals surface area contributed by atoms with E-state index >= 15 is 0 Å². The zero-order valence-corrected chi connectivity index (χ0v) is 11.1. The highest BCUT2D eigenvalue weighted by Gasteiger charge is 2.05. The molecule has 0 saturated heterocycles. The van der Waals surface area contributed by atoms with Crippen molar-refractivity contribution in [3.8, 4) is 0 Å². The molecule has 0 aliphatic heterocycles. The summed E-state index contributed by atoms with van der Waals surface area (Å²) in [5.74, 6) is 0.840. The lowest BCUT2D eigenvalue weighted by Crippen LogP contribution is -2.06. The standard InChI is InChI=1S/C14H16ClN3/c1-3-8-18-10-11(2)17-14(18)16-9-12-6-4-5-7-13(12)15/h3-7,10H,1,8-9H2,2H3,(H,16,17). The van der Waals surface area contributed by atoms with E-state index in [0.29, 0.717) is 6.54 Å². The van der Waals surface area contributed by atoms with Crippen LogP contribution >= 0.6 is 11.6 Å². The topological polar surface area (TPSA) is 29.9 Å². The lowest BCUT2D eigenvalue weighted by atomic mass is 10.2. The highest BCUT2D eigenvalue weighted by atomic mass is 35.5. The molecule has 0 atom stereocenters. The van der Waals surface area contributed by atoms with Crippen LogP contribution in [0.1, 0.15) is 11.3 Å². The predicted molar refractivity (Wildman–Crippen MR) is 75.9 cm³/mol. The largest absolute Gasteiger partial charge is 0.352 e. The number of rotatable bonds is 5. The van der Waals surface area contributed by atoms with Crippen molar-refractivity contribution < 1.29 is 0 Å². The van der Waals surface area contributed by atoms with Gasteiger partial charge in [0, 0.05) is 24.3 Å². The van der Waals surface area contributed by atoms with Gasteiger partial charge < -0.3 is 9.88 Å². The predicted octanol–water partition coefficient (Wildman–Crippen LogP) is 3.64. The van der Waals surface area contributed by atoms with Crippen LogP contribution in [-0.4, -0.2) is 9.55 Å². The van der Waals surface area contributed by atoms with E-state index in [4.69, 9.17) is 11.6 Å². The molecule has 18 heavy (non-hydrogen) atoms. The monoisotopic (exact) mass is 261 g/mol. The number of hydrogen-bond donors (Lipinski definition) is 1. The lowest BCUT2D eigenvalue weighted by molar-refractivity contribution is 0.819. The van der Waals surface area contributed by atoms with Crippen LogP contribution in [0.15, 0.2) is 43.1 Å². The van der Waals surface area contributed by atoms with Gasteiger partial charge in [-0.1, -0.05) is 35.9 Å². The van der Waals surface area contributed by atoms with Crippen molar-refractivity contribution in [2.24, 2.45) is 0 Å². The summed E-state index contributed by atoms with van der Waals surface area (Å²) in [7, 11) is 0. The molecule has 1 aromatic carbocycles. The molecule has 1 aromatic heterocycles. The van der Waals surface area contributed by atoms with Gasteiger partial charge >= 0.3 is 0 Å². The average Bonchev–Trinajstić information content (AvgIpc) is 2.69. The zero-order valence-electron chi connectivity index (χ0n) is 10.4. The molecule has 0 unspecified atom stereocenters. The molecule has 0 aliphatic carbocycles. The van der Waals surface area contributed by atoms with Crippen molar-refractivity contribution >= 4 is 17.5 Å². The van der Waals surface area contributed by atoms with Crippen LogP contribution in [0.5, 0.6) is 0 Å². The second-order valence-electron chi connectivity index (χ2n) is 4.09. The number of nitrogens with zero attached hydrogens (tertiary/aromatic N) is 2. The van der Waals surface area contributed by atoms with Gasteiger partial charge in [-0.2, -0.15) is 0 Å². The highest BCUT2D eigenvalue weighted by molar-refractivity contribution is 6.31. The second-order valence-corrected chi connectivity index (χ2v) is 4.50. The molecule has 3 nitrogen and oxygen atoms in total. The number of allylic oxidation sites excluding steroid dienone is 1. The fourth-order valence-corrected chi connectivity index (χ4v) is 1.98. The van der Waals surface area contributed by atoms with Crippen molar-refractivity contribution in [2.75, 3.05) is 5.32 Å². The van der Waals surface area contributed by atoms with E-state index in [2.05, 4.69) is 16.9 Å². The molecule has 1 heterocycles. The van der Waals surface area contributed by atoms with Crippen LogP contribution in [0, 0.1) is 6.92 Å². The van der Waals surface area contributed by atoms with Crippen molar-refractivity contribution in [1.29, 1.82) is 0 Å². The smallest absolute Gasteiger partial charge is 0.203 e. The Morgan fingerprint density at radius 1 is 1.44 bits per heavy atom. The molecule has 2 aromatic rings. The van der Waals surface area contributed by atoms with Crippen LogP contribution in [-0.2, 0) is 13.1 Å². The maximum Gasteiger partial charge on any atom is 0.203 e. The number of aromatic nitrogens is 2. The summed E-state index contributed by atoms with van der Waals surface area (Å²) in [6.07, 6.45) is 3.85. The number of hydrogen-bond acceptors (Lipinski definition) is 2. The molecule has 0 aliphatic rings. The molecule has 94 valence electrons. The molecule has 0 saturated carbocycles. The van der Waals surface area contributed by atoms with E-state index in [0.717, 1.165) is 28.8 Å². The van der Waals surface area contributed by atoms with E-state index in [1.807, 2.05) is 48.0 Å². The van der Waals surface area contributed by atoms with Crippen molar-refractivity contribution in [2.45, 2.75) is 20.0 Å². The Morgan fingerprint density at radius 3 is 2.94 bits per heavy atom. The van der Waals surface area contributed by atoms with Crippen LogP contribution in [0.2, 0.25) is 5.02 Å². The van der Waals surface area contributed by atoms with Gasteiger partial charge in [0.25, 0.3) is 0 Å². The van der Waals surface area contributed by atoms with E-state index in [-0.39, 0.29) is 0 Å². The molecular weight excluding hydrogens is 246 g/mol. The van der Waals surface area contributed by atoms with Gasteiger partial charge in [-0.3, -0.25) is 0 Å². The SMILES string of the molecule is C=CCn1cc(C)nc1NCc1ccccc1Cl. The summed E-state index contributed by atoms with van der Waals surface area (Å²) in [6.45, 7) is 7.12. The van der Waals surface area contributed by atoms with Gasteiger partial charge in [0.2, 0.25) is 5.95 Å². The number of aryl methyl sites for hydroxylation is 1. The zero-order chi connectivity index (χ0) is 13.0. The van der Waals surface area contributed by atoms with Crippen molar-refractivity contribution in [3.05, 3.63) is 59.4 Å². The quantitative estimate of drug-likeness (QED) is 0.833. The van der Waals surface area contributed by atoms with Gasteiger partial charge in [0.05, 0.1) is 5.69 Å². The third-order valence-electron chi connectivity index (χ3n) is 2.62. The second kappa shape index (κ2) is 5.74. The number of benzene rings is 1. The van der Waals surface area contributed by atoms with E-state index < -0.39 is 0 Å². The first-order chi connectivity index (χ1) is 8.70. The van der Waals surface area contributed by atoms with Gasteiger partial charge in [-0.15, -0.1) is 6.58 Å². The van der Waals surface area contributed by atoms with Crippen LogP contribution < -0.4 is 5.32 Å². The summed E-state index contributed by atoms with van der Waals surface area (Å²) >= 11 is 6.11. The van der Waals surface area contributed by atoms with E-state index in [1.165, 1.54) is 0 Å². The number of halogens is 1. The maximum absolute atomic E-state index is 6.11. The maximum atomic E-state index is 6.11. The van der Waals surface area contributed by atoms with E-state index in [9.17, 15) is 0 Å². The molecule has 0 amide bonds. The first-order valence-electron chi connectivity index (χ1n) is 5.82. The molecule has 1 N–H and O–H groups in total. The van der Waals surface area contributed by atoms with Gasteiger partial charge in [0.15, 0.2) is 0 Å². The summed E-state index contributed by atoms with van der Waals surface area (Å²) < 4.78 is 2.03. The van der Waals surface area contributed by atoms with Gasteiger partial charge in [-0.25, -0.2) is 4.98 Å². The molecule has 4 heteroatoms. The third-order valence-corrected chi connectivity index (χ3v) is 2.99. The van der Waals surface area contributed by atoms with Crippen LogP contribution in [0.3, 0.4) is 0 Å². The Balaban J connectivity index is 2.10. The van der Waals surface area contributed by atoms with E-state index in [1.54, 1.807) is 0 Å². The van der Waals surface area contributed by atoms with Crippen molar-refractivity contribution in [1.82, 2.24) is 9.55 Å². The molecule has 0 spiro atoms. The minimum absolute atomic E-state index is 0.660. The third kappa shape index (κ3) is 2.93. The number of nitrogens with one attached hydrogen (secondary N) is 1. The fraction of sp³-hybridized carbons (Fsp3) is 0.214. The number of anilines is 1. The highest BCUT2D eigenvalue weighted by Crippen LogP contribution is 2.17. The first kappa shape index (κ1) is 12.7. The summed E-state index contributed by atoms with van der Waals surface area (Å²) in [6, 6.07) is 7.79. The Kier molecular flexibility index (Phi) is 4.05. The minimum atomic E-state index is 0.660. The molecule has 0 fully saturated rings. The van der Waals surface area contributed by atoms with Crippen molar-refractivity contribution in [3.63, 3.8) is 0 Å².